The second kappa shape index (κ2) is 3.61. The van der Waals surface area contributed by atoms with Crippen LogP contribution in [0.3, 0.4) is 0 Å². The maximum Gasteiger partial charge on any atom is 0.255 e. The summed E-state index contributed by atoms with van der Waals surface area (Å²) < 4.78 is 30.2. The Kier molecular flexibility index (Phi) is 2.42. The van der Waals surface area contributed by atoms with Crippen LogP contribution in [-0.2, 0) is 0 Å². The van der Waals surface area contributed by atoms with E-state index in [9.17, 15) is 13.6 Å². The largest absolute Gasteiger partial charge is 0.492 e. The highest BCUT2D eigenvalue weighted by Gasteiger charge is 2.57. The molecule has 0 amide bonds. The van der Waals surface area contributed by atoms with Gasteiger partial charge in [-0.05, 0) is 12.1 Å². The zero-order valence-electron chi connectivity index (χ0n) is 7.95. The van der Waals surface area contributed by atoms with Crippen LogP contribution in [0.25, 0.3) is 0 Å². The molecule has 2 rings (SSSR count). The standard InChI is InChI=1S/C11H10F2O2/c12-11(13)5-9(11)7-15-10-4-2-1-3-8(10)6-14/h1-4,6,9H,5,7H2/t9-/m0/s1. The molecular weight excluding hydrogens is 202 g/mol. The molecule has 1 fully saturated rings. The van der Waals surface area contributed by atoms with Crippen molar-refractivity contribution in [1.29, 1.82) is 0 Å². The number of hydrogen-bond donors (Lipinski definition) is 0. The van der Waals surface area contributed by atoms with Gasteiger partial charge in [0.15, 0.2) is 6.29 Å². The number of halogens is 2. The van der Waals surface area contributed by atoms with E-state index in [1.165, 1.54) is 0 Å². The van der Waals surface area contributed by atoms with E-state index < -0.39 is 11.8 Å². The molecule has 0 unspecified atom stereocenters. The number of alkyl halides is 2. The SMILES string of the molecule is O=Cc1ccccc1OC[C@@H]1CC1(F)F. The first-order chi connectivity index (χ1) is 7.13. The fraction of sp³-hybridized carbons (Fsp3) is 0.364. The zero-order valence-corrected chi connectivity index (χ0v) is 7.95. The molecule has 0 aromatic heterocycles. The fourth-order valence-corrected chi connectivity index (χ4v) is 1.35. The number of aldehydes is 1. The molecule has 1 aliphatic rings. The number of carbonyl (C=O) groups is 1. The third-order valence-electron chi connectivity index (χ3n) is 2.44. The van der Waals surface area contributed by atoms with Gasteiger partial charge in [0, 0.05) is 6.42 Å². The minimum absolute atomic E-state index is 0.0299. The Morgan fingerprint density at radius 2 is 2.13 bits per heavy atom. The lowest BCUT2D eigenvalue weighted by atomic mass is 10.2. The maximum atomic E-state index is 12.5. The second-order valence-corrected chi connectivity index (χ2v) is 3.63. The molecule has 4 heteroatoms. The third-order valence-corrected chi connectivity index (χ3v) is 2.44. The topological polar surface area (TPSA) is 26.3 Å². The van der Waals surface area contributed by atoms with Crippen LogP contribution in [0.5, 0.6) is 5.75 Å². The molecule has 0 bridgehead atoms. The molecule has 1 aliphatic carbocycles. The average molecular weight is 212 g/mol. The van der Waals surface area contributed by atoms with Gasteiger partial charge >= 0.3 is 0 Å². The van der Waals surface area contributed by atoms with Crippen molar-refractivity contribution in [2.45, 2.75) is 12.3 Å². The average Bonchev–Trinajstić information content (AvgIpc) is 2.84. The van der Waals surface area contributed by atoms with Crippen molar-refractivity contribution >= 4 is 6.29 Å². The highest BCUT2D eigenvalue weighted by atomic mass is 19.3. The van der Waals surface area contributed by atoms with Crippen LogP contribution < -0.4 is 4.74 Å². The number of ether oxygens (including phenoxy) is 1. The molecule has 1 aromatic carbocycles. The van der Waals surface area contributed by atoms with Crippen molar-refractivity contribution in [3.8, 4) is 5.75 Å². The van der Waals surface area contributed by atoms with Gasteiger partial charge in [0.25, 0.3) is 5.92 Å². The van der Waals surface area contributed by atoms with Crippen LogP contribution in [0.1, 0.15) is 16.8 Å². The van der Waals surface area contributed by atoms with Gasteiger partial charge in [-0.25, -0.2) is 8.78 Å². The van der Waals surface area contributed by atoms with Crippen molar-refractivity contribution in [2.24, 2.45) is 5.92 Å². The Labute approximate surface area is 85.9 Å². The van der Waals surface area contributed by atoms with Crippen molar-refractivity contribution in [3.63, 3.8) is 0 Å². The van der Waals surface area contributed by atoms with Gasteiger partial charge in [0.1, 0.15) is 5.75 Å². The number of hydrogen-bond acceptors (Lipinski definition) is 2. The molecule has 0 saturated heterocycles. The molecule has 1 aromatic rings. The van der Waals surface area contributed by atoms with Gasteiger partial charge in [-0.2, -0.15) is 0 Å². The van der Waals surface area contributed by atoms with Gasteiger partial charge in [0.05, 0.1) is 18.1 Å². The van der Waals surface area contributed by atoms with Crippen LogP contribution >= 0.6 is 0 Å². The van der Waals surface area contributed by atoms with Crippen LogP contribution in [0.4, 0.5) is 8.78 Å². The van der Waals surface area contributed by atoms with E-state index in [2.05, 4.69) is 0 Å². The minimum Gasteiger partial charge on any atom is -0.492 e. The summed E-state index contributed by atoms with van der Waals surface area (Å²) in [4.78, 5) is 10.6. The first-order valence-corrected chi connectivity index (χ1v) is 4.68. The first kappa shape index (κ1) is 10.1. The molecule has 0 heterocycles. The van der Waals surface area contributed by atoms with Gasteiger partial charge in [-0.1, -0.05) is 12.1 Å². The summed E-state index contributed by atoms with van der Waals surface area (Å²) in [5.74, 6) is -2.90. The number of para-hydroxylation sites is 1. The monoisotopic (exact) mass is 212 g/mol. The summed E-state index contributed by atoms with van der Waals surface area (Å²) in [5.41, 5.74) is 0.390. The molecule has 0 aliphatic heterocycles. The highest BCUT2D eigenvalue weighted by Crippen LogP contribution is 2.48. The van der Waals surface area contributed by atoms with Crippen molar-refractivity contribution in [3.05, 3.63) is 29.8 Å². The Morgan fingerprint density at radius 1 is 1.47 bits per heavy atom. The van der Waals surface area contributed by atoms with Crippen molar-refractivity contribution in [2.75, 3.05) is 6.61 Å². The van der Waals surface area contributed by atoms with Crippen LogP contribution in [-0.4, -0.2) is 18.8 Å². The smallest absolute Gasteiger partial charge is 0.255 e. The van der Waals surface area contributed by atoms with Gasteiger partial charge < -0.3 is 4.74 Å². The molecule has 1 atom stereocenters. The first-order valence-electron chi connectivity index (χ1n) is 4.68. The fourth-order valence-electron chi connectivity index (χ4n) is 1.35. The van der Waals surface area contributed by atoms with Gasteiger partial charge in [0.2, 0.25) is 0 Å². The van der Waals surface area contributed by atoms with E-state index in [1.54, 1.807) is 24.3 Å². The summed E-state index contributed by atoms with van der Waals surface area (Å²) in [6.07, 6.45) is 0.538. The molecule has 1 saturated carbocycles. The van der Waals surface area contributed by atoms with E-state index >= 15 is 0 Å². The van der Waals surface area contributed by atoms with Crippen LogP contribution in [0, 0.1) is 5.92 Å². The van der Waals surface area contributed by atoms with E-state index in [0.717, 1.165) is 0 Å². The predicted molar refractivity (Wildman–Crippen MR) is 50.4 cm³/mol. The van der Waals surface area contributed by atoms with Crippen molar-refractivity contribution < 1.29 is 18.3 Å². The molecule has 15 heavy (non-hydrogen) atoms. The summed E-state index contributed by atoms with van der Waals surface area (Å²) >= 11 is 0. The van der Waals surface area contributed by atoms with Gasteiger partial charge in [-0.15, -0.1) is 0 Å². The van der Waals surface area contributed by atoms with Crippen LogP contribution in [0.2, 0.25) is 0 Å². The quantitative estimate of drug-likeness (QED) is 0.717. The molecular formula is C11H10F2O2. The number of rotatable bonds is 4. The van der Waals surface area contributed by atoms with E-state index in [4.69, 9.17) is 4.74 Å². The maximum absolute atomic E-state index is 12.5. The molecule has 0 spiro atoms. The normalized spacial score (nSPS) is 22.1. The Hall–Kier alpha value is -1.45. The number of benzene rings is 1. The second-order valence-electron chi connectivity index (χ2n) is 3.63. The van der Waals surface area contributed by atoms with E-state index in [-0.39, 0.29) is 13.0 Å². The Balaban J connectivity index is 1.96. The predicted octanol–water partition coefficient (Wildman–Crippen LogP) is 2.53. The highest BCUT2D eigenvalue weighted by molar-refractivity contribution is 5.79. The van der Waals surface area contributed by atoms with Gasteiger partial charge in [-0.3, -0.25) is 4.79 Å². The summed E-state index contributed by atoms with van der Waals surface area (Å²) in [5, 5.41) is 0. The lowest BCUT2D eigenvalue weighted by Gasteiger charge is -2.06. The van der Waals surface area contributed by atoms with Crippen LogP contribution in [0.15, 0.2) is 24.3 Å². The molecule has 80 valence electrons. The van der Waals surface area contributed by atoms with Crippen molar-refractivity contribution in [1.82, 2.24) is 0 Å². The lowest BCUT2D eigenvalue weighted by molar-refractivity contribution is 0.0854. The number of carbonyl (C=O) groups excluding carboxylic acids is 1. The molecule has 0 N–H and O–H groups in total. The summed E-state index contributed by atoms with van der Waals surface area (Å²) in [6, 6.07) is 6.59. The summed E-state index contributed by atoms with van der Waals surface area (Å²) in [6.45, 7) is -0.0299. The molecule has 0 radical (unpaired) electrons. The minimum atomic E-state index is -2.57. The Morgan fingerprint density at radius 3 is 2.73 bits per heavy atom. The summed E-state index contributed by atoms with van der Waals surface area (Å²) in [7, 11) is 0. The zero-order chi connectivity index (χ0) is 10.9. The Bertz CT molecular complexity index is 377. The third kappa shape index (κ3) is 2.14. The lowest BCUT2D eigenvalue weighted by Crippen LogP contribution is -2.06. The molecule has 2 nitrogen and oxygen atoms in total. The van der Waals surface area contributed by atoms with E-state index in [0.29, 0.717) is 17.6 Å². The van der Waals surface area contributed by atoms with E-state index in [1.807, 2.05) is 0 Å².